The molecule has 0 unspecified atom stereocenters. The molecule has 0 aromatic carbocycles. The summed E-state index contributed by atoms with van der Waals surface area (Å²) in [4.78, 5) is 7.35. The van der Waals surface area contributed by atoms with Gasteiger partial charge in [0.2, 0.25) is 0 Å². The van der Waals surface area contributed by atoms with E-state index in [9.17, 15) is 0 Å². The van der Waals surface area contributed by atoms with Crippen LogP contribution in [0, 0.1) is 29.6 Å². The smallest absolute Gasteiger partial charge is 0.166 e. The molecule has 0 aliphatic rings. The quantitative estimate of drug-likeness (QED) is 0.623. The summed E-state index contributed by atoms with van der Waals surface area (Å²) in [5, 5.41) is 18.0. The number of aromatic amines is 1. The van der Waals surface area contributed by atoms with Crippen molar-refractivity contribution in [2.24, 2.45) is 0 Å². The molecule has 4 nitrogen and oxygen atoms in total. The summed E-state index contributed by atoms with van der Waals surface area (Å²) in [7, 11) is 0. The number of nitrogens with one attached hydrogen (secondary N) is 1. The molecule has 1 N–H and O–H groups in total. The molecule has 0 saturated heterocycles. The molecule has 0 atom stereocenters. The van der Waals surface area contributed by atoms with Gasteiger partial charge in [-0.1, -0.05) is 18.7 Å². The van der Waals surface area contributed by atoms with E-state index in [1.165, 1.54) is 6.08 Å². The molecule has 0 radical (unpaired) electrons. The van der Waals surface area contributed by atoms with Gasteiger partial charge in [0.15, 0.2) is 5.16 Å². The van der Waals surface area contributed by atoms with Crippen LogP contribution in [0.4, 0.5) is 0 Å². The SMILES string of the molecule is CCSc1nc(C=C(C#N)C#N)c(C)[nH]1. The highest BCUT2D eigenvalue weighted by molar-refractivity contribution is 7.99. The third-order valence-corrected chi connectivity index (χ3v) is 2.46. The Morgan fingerprint density at radius 2 is 2.20 bits per heavy atom. The minimum Gasteiger partial charge on any atom is -0.337 e. The second-order valence-electron chi connectivity index (χ2n) is 2.77. The zero-order chi connectivity index (χ0) is 11.3. The minimum absolute atomic E-state index is 0.0673. The van der Waals surface area contributed by atoms with Gasteiger partial charge in [-0.3, -0.25) is 0 Å². The molecule has 15 heavy (non-hydrogen) atoms. The minimum atomic E-state index is 0.0673. The molecule has 0 aliphatic carbocycles. The van der Waals surface area contributed by atoms with Crippen LogP contribution >= 0.6 is 11.8 Å². The molecular weight excluding hydrogens is 208 g/mol. The maximum absolute atomic E-state index is 8.60. The number of thioether (sulfide) groups is 1. The summed E-state index contributed by atoms with van der Waals surface area (Å²) < 4.78 is 0. The van der Waals surface area contributed by atoms with E-state index in [-0.39, 0.29) is 5.57 Å². The van der Waals surface area contributed by atoms with Crippen molar-refractivity contribution in [3.8, 4) is 12.1 Å². The first-order valence-corrected chi connectivity index (χ1v) is 5.41. The second kappa shape index (κ2) is 5.23. The van der Waals surface area contributed by atoms with E-state index < -0.39 is 0 Å². The summed E-state index contributed by atoms with van der Waals surface area (Å²) in [5.41, 5.74) is 1.59. The number of aromatic nitrogens is 2. The molecule has 0 fully saturated rings. The number of aryl methyl sites for hydroxylation is 1. The first-order chi connectivity index (χ1) is 7.21. The lowest BCUT2D eigenvalue weighted by Crippen LogP contribution is -1.79. The first-order valence-electron chi connectivity index (χ1n) is 4.42. The Bertz CT molecular complexity index is 443. The van der Waals surface area contributed by atoms with Gasteiger partial charge in [-0.2, -0.15) is 10.5 Å². The molecule has 0 aliphatic heterocycles. The average molecular weight is 218 g/mol. The molecule has 0 bridgehead atoms. The second-order valence-corrected chi connectivity index (χ2v) is 4.02. The Morgan fingerprint density at radius 1 is 1.53 bits per heavy atom. The largest absolute Gasteiger partial charge is 0.337 e. The standard InChI is InChI=1S/C10H10N4S/c1-3-15-10-13-7(2)9(14-10)4-8(5-11)6-12/h4H,3H2,1-2H3,(H,13,14). The van der Waals surface area contributed by atoms with Crippen molar-refractivity contribution in [1.82, 2.24) is 9.97 Å². The fourth-order valence-electron chi connectivity index (χ4n) is 1.02. The lowest BCUT2D eigenvalue weighted by Gasteiger charge is -1.87. The van der Waals surface area contributed by atoms with Gasteiger partial charge in [0.05, 0.1) is 5.69 Å². The molecule has 1 aromatic heterocycles. The van der Waals surface area contributed by atoms with E-state index in [0.717, 1.165) is 16.6 Å². The Balaban J connectivity index is 3.02. The van der Waals surface area contributed by atoms with Crippen LogP contribution in [0.25, 0.3) is 6.08 Å². The Labute approximate surface area is 92.6 Å². The van der Waals surface area contributed by atoms with E-state index >= 15 is 0 Å². The van der Waals surface area contributed by atoms with Crippen molar-refractivity contribution < 1.29 is 0 Å². The number of nitrogens with zero attached hydrogens (tertiary/aromatic N) is 3. The van der Waals surface area contributed by atoms with Gasteiger partial charge in [0.25, 0.3) is 0 Å². The Kier molecular flexibility index (Phi) is 3.96. The molecular formula is C10H10N4S. The fraction of sp³-hybridized carbons (Fsp3) is 0.300. The van der Waals surface area contributed by atoms with Crippen molar-refractivity contribution >= 4 is 17.8 Å². The van der Waals surface area contributed by atoms with Crippen LogP contribution in [0.15, 0.2) is 10.7 Å². The molecule has 0 saturated carbocycles. The zero-order valence-electron chi connectivity index (χ0n) is 8.53. The monoisotopic (exact) mass is 218 g/mol. The van der Waals surface area contributed by atoms with Crippen molar-refractivity contribution in [1.29, 1.82) is 10.5 Å². The number of hydrogen-bond donors (Lipinski definition) is 1. The van der Waals surface area contributed by atoms with Crippen LogP contribution in [0.5, 0.6) is 0 Å². The van der Waals surface area contributed by atoms with Gasteiger partial charge >= 0.3 is 0 Å². The van der Waals surface area contributed by atoms with Crippen LogP contribution in [-0.4, -0.2) is 15.7 Å². The lowest BCUT2D eigenvalue weighted by molar-refractivity contribution is 1.04. The van der Waals surface area contributed by atoms with Gasteiger partial charge in [0.1, 0.15) is 17.7 Å². The van der Waals surface area contributed by atoms with E-state index in [1.807, 2.05) is 26.0 Å². The van der Waals surface area contributed by atoms with Gasteiger partial charge in [-0.15, -0.1) is 0 Å². The van der Waals surface area contributed by atoms with Crippen molar-refractivity contribution in [2.45, 2.75) is 19.0 Å². The molecule has 0 spiro atoms. The molecule has 1 heterocycles. The molecule has 5 heteroatoms. The number of imidazole rings is 1. The third kappa shape index (κ3) is 2.87. The number of allylic oxidation sites excluding steroid dienone is 1. The van der Waals surface area contributed by atoms with Crippen LogP contribution in [0.1, 0.15) is 18.3 Å². The highest BCUT2D eigenvalue weighted by Gasteiger charge is 2.05. The van der Waals surface area contributed by atoms with Gasteiger partial charge in [-0.05, 0) is 18.8 Å². The van der Waals surface area contributed by atoms with E-state index in [4.69, 9.17) is 10.5 Å². The zero-order valence-corrected chi connectivity index (χ0v) is 9.35. The predicted octanol–water partition coefficient (Wildman–Crippen LogP) is 2.26. The van der Waals surface area contributed by atoms with E-state index in [1.54, 1.807) is 11.8 Å². The van der Waals surface area contributed by atoms with Crippen LogP contribution in [-0.2, 0) is 0 Å². The van der Waals surface area contributed by atoms with Crippen molar-refractivity contribution in [3.63, 3.8) is 0 Å². The third-order valence-electron chi connectivity index (χ3n) is 1.70. The van der Waals surface area contributed by atoms with E-state index in [0.29, 0.717) is 5.69 Å². The Morgan fingerprint density at radius 3 is 2.73 bits per heavy atom. The first kappa shape index (κ1) is 11.4. The molecule has 1 rings (SSSR count). The van der Waals surface area contributed by atoms with Gasteiger partial charge in [-0.25, -0.2) is 4.98 Å². The summed E-state index contributed by atoms with van der Waals surface area (Å²) in [5.74, 6) is 0.930. The highest BCUT2D eigenvalue weighted by atomic mass is 32.2. The number of H-pyrrole nitrogens is 1. The number of hydrogen-bond acceptors (Lipinski definition) is 4. The normalized spacial score (nSPS) is 9.07. The predicted molar refractivity (Wildman–Crippen MR) is 58.9 cm³/mol. The molecule has 0 amide bonds. The Hall–Kier alpha value is -1.72. The summed E-state index contributed by atoms with van der Waals surface area (Å²) in [6, 6.07) is 3.62. The summed E-state index contributed by atoms with van der Waals surface area (Å²) in [6.45, 7) is 3.90. The maximum atomic E-state index is 8.60. The summed E-state index contributed by atoms with van der Waals surface area (Å²) >= 11 is 1.59. The lowest BCUT2D eigenvalue weighted by atomic mass is 10.2. The highest BCUT2D eigenvalue weighted by Crippen LogP contribution is 2.17. The average Bonchev–Trinajstić information content (AvgIpc) is 2.56. The molecule has 1 aromatic rings. The van der Waals surface area contributed by atoms with Crippen molar-refractivity contribution in [3.05, 3.63) is 17.0 Å². The van der Waals surface area contributed by atoms with Crippen LogP contribution in [0.2, 0.25) is 0 Å². The van der Waals surface area contributed by atoms with Crippen LogP contribution < -0.4 is 0 Å². The fourth-order valence-corrected chi connectivity index (χ4v) is 1.68. The topological polar surface area (TPSA) is 76.3 Å². The number of nitriles is 2. The van der Waals surface area contributed by atoms with Gasteiger partial charge in [0, 0.05) is 5.69 Å². The van der Waals surface area contributed by atoms with Crippen LogP contribution in [0.3, 0.4) is 0 Å². The van der Waals surface area contributed by atoms with E-state index in [2.05, 4.69) is 9.97 Å². The molecule has 76 valence electrons. The summed E-state index contributed by atoms with van der Waals surface area (Å²) in [6.07, 6.45) is 1.49. The van der Waals surface area contributed by atoms with Gasteiger partial charge < -0.3 is 4.98 Å². The van der Waals surface area contributed by atoms with Crippen molar-refractivity contribution in [2.75, 3.05) is 5.75 Å². The number of rotatable bonds is 3. The maximum Gasteiger partial charge on any atom is 0.166 e.